The van der Waals surface area contributed by atoms with Crippen molar-refractivity contribution in [1.29, 1.82) is 10.5 Å². The molecule has 0 atom stereocenters. The molecule has 0 aliphatic carbocycles. The number of hydrazone groups is 1. The summed E-state index contributed by atoms with van der Waals surface area (Å²) in [5.41, 5.74) is 3.96. The summed E-state index contributed by atoms with van der Waals surface area (Å²) < 4.78 is 0. The van der Waals surface area contributed by atoms with Crippen molar-refractivity contribution in [1.82, 2.24) is 4.98 Å². The first-order valence-corrected chi connectivity index (χ1v) is 6.98. The number of hydrogen-bond donors (Lipinski definition) is 2. The molecule has 2 aromatic rings. The van der Waals surface area contributed by atoms with Crippen LogP contribution in [0.3, 0.4) is 0 Å². The number of nitrogens with zero attached hydrogens (tertiary/aromatic N) is 4. The molecular weight excluding hydrogens is 300 g/mol. The van der Waals surface area contributed by atoms with Gasteiger partial charge in [-0.15, -0.1) is 11.3 Å². The first-order valence-electron chi connectivity index (χ1n) is 6.10. The van der Waals surface area contributed by atoms with Crippen LogP contribution in [-0.2, 0) is 0 Å². The zero-order valence-corrected chi connectivity index (χ0v) is 12.3. The number of aromatic nitrogens is 1. The number of carbonyl (C=O) groups excluding carboxylic acids is 1. The molecule has 0 aliphatic heterocycles. The average molecular weight is 310 g/mol. The predicted octanol–water partition coefficient (Wildman–Crippen LogP) is 2.52. The number of amides is 1. The highest BCUT2D eigenvalue weighted by atomic mass is 32.1. The van der Waals surface area contributed by atoms with Gasteiger partial charge in [-0.25, -0.2) is 4.98 Å². The molecule has 8 heteroatoms. The second-order valence-corrected chi connectivity index (χ2v) is 4.96. The molecule has 2 N–H and O–H groups in total. The third-order valence-electron chi connectivity index (χ3n) is 2.73. The van der Waals surface area contributed by atoms with E-state index in [0.717, 1.165) is 0 Å². The number of thiazole rings is 1. The molecule has 0 saturated carbocycles. The maximum atomic E-state index is 12.2. The van der Waals surface area contributed by atoms with Gasteiger partial charge in [0, 0.05) is 17.1 Å². The Morgan fingerprint density at radius 2 is 2.14 bits per heavy atom. The average Bonchev–Trinajstić information content (AvgIpc) is 3.02. The maximum Gasteiger partial charge on any atom is 0.257 e. The first-order chi connectivity index (χ1) is 10.7. The second kappa shape index (κ2) is 6.97. The van der Waals surface area contributed by atoms with Crippen LogP contribution in [0.15, 0.2) is 34.9 Å². The van der Waals surface area contributed by atoms with E-state index in [-0.39, 0.29) is 11.6 Å². The fourth-order valence-electron chi connectivity index (χ4n) is 1.64. The van der Waals surface area contributed by atoms with Crippen molar-refractivity contribution in [2.24, 2.45) is 5.10 Å². The maximum absolute atomic E-state index is 12.2. The molecule has 1 aromatic carbocycles. The Morgan fingerprint density at radius 1 is 1.36 bits per heavy atom. The van der Waals surface area contributed by atoms with Crippen molar-refractivity contribution >= 4 is 33.8 Å². The van der Waals surface area contributed by atoms with Gasteiger partial charge in [0.1, 0.15) is 12.1 Å². The van der Waals surface area contributed by atoms with Crippen molar-refractivity contribution in [3.8, 4) is 12.1 Å². The summed E-state index contributed by atoms with van der Waals surface area (Å²) in [5.74, 6) is -0.291. The van der Waals surface area contributed by atoms with Crippen molar-refractivity contribution in [2.75, 3.05) is 10.7 Å². The Kier molecular flexibility index (Phi) is 4.81. The lowest BCUT2D eigenvalue weighted by molar-refractivity contribution is 0.102. The van der Waals surface area contributed by atoms with E-state index in [1.807, 2.05) is 0 Å². The Morgan fingerprint density at radius 3 is 2.77 bits per heavy atom. The molecule has 1 heterocycles. The molecule has 0 aliphatic rings. The number of benzene rings is 1. The van der Waals surface area contributed by atoms with Crippen molar-refractivity contribution in [3.05, 3.63) is 40.9 Å². The minimum Gasteiger partial charge on any atom is -0.298 e. The van der Waals surface area contributed by atoms with E-state index in [1.165, 1.54) is 11.3 Å². The van der Waals surface area contributed by atoms with Crippen LogP contribution in [0.1, 0.15) is 15.9 Å². The number of carbonyl (C=O) groups is 1. The summed E-state index contributed by atoms with van der Waals surface area (Å²) in [6, 6.07) is 8.35. The van der Waals surface area contributed by atoms with E-state index in [1.54, 1.807) is 48.8 Å². The number of rotatable bonds is 4. The smallest absolute Gasteiger partial charge is 0.257 e. The quantitative estimate of drug-likeness (QED) is 0.665. The summed E-state index contributed by atoms with van der Waals surface area (Å²) in [5, 5.41) is 25.9. The molecule has 22 heavy (non-hydrogen) atoms. The highest BCUT2D eigenvalue weighted by Crippen LogP contribution is 2.21. The van der Waals surface area contributed by atoms with Crippen molar-refractivity contribution in [2.45, 2.75) is 6.92 Å². The van der Waals surface area contributed by atoms with Gasteiger partial charge in [-0.2, -0.15) is 15.6 Å². The van der Waals surface area contributed by atoms with Crippen LogP contribution in [0.25, 0.3) is 0 Å². The summed E-state index contributed by atoms with van der Waals surface area (Å²) in [7, 11) is 0. The Hall–Kier alpha value is -3.23. The third-order valence-corrected chi connectivity index (χ3v) is 3.42. The second-order valence-electron chi connectivity index (χ2n) is 4.07. The minimum atomic E-state index is -0.294. The molecule has 1 aromatic heterocycles. The van der Waals surface area contributed by atoms with Gasteiger partial charge in [0.2, 0.25) is 5.71 Å². The van der Waals surface area contributed by atoms with Crippen LogP contribution in [-0.4, -0.2) is 16.6 Å². The van der Waals surface area contributed by atoms with E-state index in [2.05, 4.69) is 20.8 Å². The highest BCUT2D eigenvalue weighted by Gasteiger charge is 2.12. The summed E-state index contributed by atoms with van der Waals surface area (Å²) in [6.07, 6.45) is 1.60. The van der Waals surface area contributed by atoms with Crippen LogP contribution in [0.5, 0.6) is 0 Å². The summed E-state index contributed by atoms with van der Waals surface area (Å²) in [6.45, 7) is 1.74. The van der Waals surface area contributed by atoms with E-state index in [9.17, 15) is 4.79 Å². The molecule has 2 rings (SSSR count). The van der Waals surface area contributed by atoms with Crippen LogP contribution in [0.2, 0.25) is 0 Å². The molecule has 0 radical (unpaired) electrons. The molecule has 0 bridgehead atoms. The topological polar surface area (TPSA) is 114 Å². The molecule has 108 valence electrons. The number of nitriles is 2. The van der Waals surface area contributed by atoms with Crippen LogP contribution < -0.4 is 10.7 Å². The van der Waals surface area contributed by atoms with E-state index in [0.29, 0.717) is 21.9 Å². The monoisotopic (exact) mass is 310 g/mol. The fraction of sp³-hybridized carbons (Fsp3) is 0.0714. The van der Waals surface area contributed by atoms with Gasteiger partial charge in [-0.1, -0.05) is 6.07 Å². The van der Waals surface area contributed by atoms with Crippen molar-refractivity contribution < 1.29 is 4.79 Å². The van der Waals surface area contributed by atoms with Gasteiger partial charge in [-0.05, 0) is 24.6 Å². The van der Waals surface area contributed by atoms with Crippen LogP contribution in [0.4, 0.5) is 10.8 Å². The van der Waals surface area contributed by atoms with E-state index in [4.69, 9.17) is 10.5 Å². The number of hydrogen-bond acceptors (Lipinski definition) is 7. The highest BCUT2D eigenvalue weighted by molar-refractivity contribution is 7.13. The lowest BCUT2D eigenvalue weighted by Gasteiger charge is -2.10. The SMILES string of the molecule is Cc1c(NN=C(C#N)C#N)cccc1C(=O)Nc1nccs1. The molecule has 0 unspecified atom stereocenters. The minimum absolute atomic E-state index is 0.291. The van der Waals surface area contributed by atoms with Gasteiger partial charge >= 0.3 is 0 Å². The molecule has 0 saturated heterocycles. The van der Waals surface area contributed by atoms with Crippen LogP contribution >= 0.6 is 11.3 Å². The lowest BCUT2D eigenvalue weighted by atomic mass is 10.1. The van der Waals surface area contributed by atoms with Gasteiger partial charge in [-0.3, -0.25) is 15.5 Å². The number of anilines is 2. The predicted molar refractivity (Wildman–Crippen MR) is 83.5 cm³/mol. The van der Waals surface area contributed by atoms with Gasteiger partial charge in [0.15, 0.2) is 5.13 Å². The van der Waals surface area contributed by atoms with Gasteiger partial charge in [0.25, 0.3) is 5.91 Å². The zero-order chi connectivity index (χ0) is 15.9. The largest absolute Gasteiger partial charge is 0.298 e. The fourth-order valence-corrected chi connectivity index (χ4v) is 2.17. The zero-order valence-electron chi connectivity index (χ0n) is 11.5. The molecule has 0 fully saturated rings. The Labute approximate surface area is 130 Å². The molecule has 0 spiro atoms. The normalized spacial score (nSPS) is 9.23. The van der Waals surface area contributed by atoms with Crippen LogP contribution in [0, 0.1) is 29.6 Å². The lowest BCUT2D eigenvalue weighted by Crippen LogP contribution is -2.14. The van der Waals surface area contributed by atoms with E-state index >= 15 is 0 Å². The van der Waals surface area contributed by atoms with Gasteiger partial charge < -0.3 is 0 Å². The van der Waals surface area contributed by atoms with E-state index < -0.39 is 0 Å². The summed E-state index contributed by atoms with van der Waals surface area (Å²) in [4.78, 5) is 16.2. The van der Waals surface area contributed by atoms with Gasteiger partial charge in [0.05, 0.1) is 5.69 Å². The summed E-state index contributed by atoms with van der Waals surface area (Å²) >= 11 is 1.32. The van der Waals surface area contributed by atoms with Crippen molar-refractivity contribution in [3.63, 3.8) is 0 Å². The molecular formula is C14H10N6OS. The Bertz CT molecular complexity index is 782. The Balaban J connectivity index is 2.23. The molecule has 1 amide bonds. The third kappa shape index (κ3) is 3.45. The molecule has 7 nitrogen and oxygen atoms in total. The number of nitrogens with one attached hydrogen (secondary N) is 2. The first kappa shape index (κ1) is 15.2. The standard InChI is InChI=1S/C14H10N6OS/c1-9-11(13(21)18-14-17-5-6-22-14)3-2-4-12(9)20-19-10(7-15)8-16/h2-6,20H,1H3,(H,17,18,21).